The van der Waals surface area contributed by atoms with E-state index in [2.05, 4.69) is 17.2 Å². The molecule has 1 saturated heterocycles. The maximum atomic E-state index is 12.8. The Morgan fingerprint density at radius 1 is 1.19 bits per heavy atom. The summed E-state index contributed by atoms with van der Waals surface area (Å²) in [6, 6.07) is 11.4. The molecular formula is C19H23N3O3S. The van der Waals surface area contributed by atoms with Gasteiger partial charge in [0.25, 0.3) is 5.91 Å². The lowest BCUT2D eigenvalue weighted by Gasteiger charge is -2.30. The lowest BCUT2D eigenvalue weighted by molar-refractivity contribution is 0.102. The normalized spacial score (nSPS) is 18.5. The first kappa shape index (κ1) is 18.5. The molecule has 1 fully saturated rings. The number of carbonyl (C=O) groups is 1. The Hall–Kier alpha value is -2.25. The lowest BCUT2D eigenvalue weighted by atomic mass is 10.0. The molecule has 6 nitrogen and oxygen atoms in total. The number of sulfonamides is 1. The average Bonchev–Trinajstić information content (AvgIpc) is 2.62. The van der Waals surface area contributed by atoms with E-state index in [-0.39, 0.29) is 10.8 Å². The first-order valence-corrected chi connectivity index (χ1v) is 10.2. The van der Waals surface area contributed by atoms with E-state index in [1.807, 2.05) is 19.1 Å². The molecule has 0 spiro atoms. The number of benzene rings is 1. The topological polar surface area (TPSA) is 79.4 Å². The van der Waals surface area contributed by atoms with E-state index in [1.54, 1.807) is 6.07 Å². The Bertz CT molecular complexity index is 895. The minimum absolute atomic E-state index is 0.219. The van der Waals surface area contributed by atoms with E-state index in [9.17, 15) is 13.2 Å². The fraction of sp³-hybridized carbons (Fsp3) is 0.368. The maximum absolute atomic E-state index is 12.8. The summed E-state index contributed by atoms with van der Waals surface area (Å²) in [7, 11) is -3.51. The van der Waals surface area contributed by atoms with Crippen molar-refractivity contribution in [3.8, 4) is 0 Å². The first-order chi connectivity index (χ1) is 12.4. The number of anilines is 1. The molecule has 1 N–H and O–H groups in total. The SMILES string of the molecule is Cc1cccc(NC(=O)c2ccc(S(=O)(=O)N3CCC[C@H](C)C3)cc2)n1. The molecule has 1 aromatic carbocycles. The third-order valence-electron chi connectivity index (χ3n) is 4.50. The van der Waals surface area contributed by atoms with Gasteiger partial charge in [0.15, 0.2) is 0 Å². The van der Waals surface area contributed by atoms with Crippen molar-refractivity contribution in [3.05, 3.63) is 53.7 Å². The smallest absolute Gasteiger partial charge is 0.256 e. The molecule has 3 rings (SSSR count). The number of amides is 1. The van der Waals surface area contributed by atoms with Crippen LogP contribution in [0.2, 0.25) is 0 Å². The number of pyridine rings is 1. The number of aromatic nitrogens is 1. The Kier molecular flexibility index (Phi) is 5.38. The van der Waals surface area contributed by atoms with Crippen LogP contribution in [-0.2, 0) is 10.0 Å². The standard InChI is InChI=1S/C19H23N3O3S/c1-14-5-4-12-22(13-14)26(24,25)17-10-8-16(9-11-17)19(23)21-18-7-3-6-15(2)20-18/h3,6-11,14H,4-5,12-13H2,1-2H3,(H,20,21,23)/t14-/m0/s1. The number of nitrogens with one attached hydrogen (secondary N) is 1. The summed E-state index contributed by atoms with van der Waals surface area (Å²) in [6.45, 7) is 5.00. The molecule has 0 saturated carbocycles. The van der Waals surface area contributed by atoms with Gasteiger partial charge < -0.3 is 5.32 Å². The monoisotopic (exact) mass is 373 g/mol. The quantitative estimate of drug-likeness (QED) is 0.893. The molecule has 7 heteroatoms. The Morgan fingerprint density at radius 3 is 2.58 bits per heavy atom. The molecule has 138 valence electrons. The summed E-state index contributed by atoms with van der Waals surface area (Å²) >= 11 is 0. The fourth-order valence-corrected chi connectivity index (χ4v) is 4.69. The summed E-state index contributed by atoms with van der Waals surface area (Å²) in [4.78, 5) is 16.8. The number of rotatable bonds is 4. The molecule has 1 aromatic heterocycles. The third kappa shape index (κ3) is 4.11. The number of carbonyl (C=O) groups excluding carboxylic acids is 1. The predicted molar refractivity (Wildman–Crippen MR) is 101 cm³/mol. The summed E-state index contributed by atoms with van der Waals surface area (Å²) < 4.78 is 27.1. The highest BCUT2D eigenvalue weighted by Crippen LogP contribution is 2.23. The van der Waals surface area contributed by atoms with Gasteiger partial charge in [-0.1, -0.05) is 13.0 Å². The average molecular weight is 373 g/mol. The van der Waals surface area contributed by atoms with Crippen LogP contribution in [0.5, 0.6) is 0 Å². The van der Waals surface area contributed by atoms with Gasteiger partial charge in [-0.2, -0.15) is 4.31 Å². The molecule has 0 bridgehead atoms. The highest BCUT2D eigenvalue weighted by Gasteiger charge is 2.28. The first-order valence-electron chi connectivity index (χ1n) is 8.71. The van der Waals surface area contributed by atoms with Crippen molar-refractivity contribution in [2.75, 3.05) is 18.4 Å². The van der Waals surface area contributed by atoms with Crippen LogP contribution in [0, 0.1) is 12.8 Å². The molecule has 0 radical (unpaired) electrons. The highest BCUT2D eigenvalue weighted by atomic mass is 32.2. The number of piperidine rings is 1. The molecule has 0 aliphatic carbocycles. The van der Waals surface area contributed by atoms with Crippen LogP contribution in [0.4, 0.5) is 5.82 Å². The molecule has 1 aliphatic rings. The van der Waals surface area contributed by atoms with Crippen LogP contribution < -0.4 is 5.32 Å². The third-order valence-corrected chi connectivity index (χ3v) is 6.38. The summed E-state index contributed by atoms with van der Waals surface area (Å²) in [5.41, 5.74) is 1.19. The van der Waals surface area contributed by atoms with Crippen molar-refractivity contribution in [2.45, 2.75) is 31.6 Å². The maximum Gasteiger partial charge on any atom is 0.256 e. The summed E-state index contributed by atoms with van der Waals surface area (Å²) in [6.07, 6.45) is 1.93. The van der Waals surface area contributed by atoms with Crippen LogP contribution in [0.25, 0.3) is 0 Å². The molecule has 2 aromatic rings. The minimum Gasteiger partial charge on any atom is -0.307 e. The van der Waals surface area contributed by atoms with Gasteiger partial charge in [0, 0.05) is 24.3 Å². The Morgan fingerprint density at radius 2 is 1.92 bits per heavy atom. The zero-order chi connectivity index (χ0) is 18.7. The molecule has 1 aliphatic heterocycles. The molecule has 26 heavy (non-hydrogen) atoms. The van der Waals surface area contributed by atoms with Crippen LogP contribution in [0.3, 0.4) is 0 Å². The largest absolute Gasteiger partial charge is 0.307 e. The highest BCUT2D eigenvalue weighted by molar-refractivity contribution is 7.89. The van der Waals surface area contributed by atoms with Crippen LogP contribution >= 0.6 is 0 Å². The predicted octanol–water partition coefficient (Wildman–Crippen LogP) is 3.06. The van der Waals surface area contributed by atoms with E-state index in [4.69, 9.17) is 0 Å². The zero-order valence-electron chi connectivity index (χ0n) is 15.0. The van der Waals surface area contributed by atoms with Gasteiger partial charge in [-0.05, 0) is 62.1 Å². The van der Waals surface area contributed by atoms with Crippen molar-refractivity contribution >= 4 is 21.7 Å². The van der Waals surface area contributed by atoms with Crippen LogP contribution in [0.15, 0.2) is 47.4 Å². The van der Waals surface area contributed by atoms with E-state index < -0.39 is 10.0 Å². The molecule has 0 unspecified atom stereocenters. The minimum atomic E-state index is -3.51. The van der Waals surface area contributed by atoms with Crippen molar-refractivity contribution in [3.63, 3.8) is 0 Å². The molecule has 2 heterocycles. The van der Waals surface area contributed by atoms with Gasteiger partial charge in [0.05, 0.1) is 4.90 Å². The Balaban J connectivity index is 1.74. The van der Waals surface area contributed by atoms with Gasteiger partial charge in [-0.15, -0.1) is 0 Å². The van der Waals surface area contributed by atoms with Crippen LogP contribution in [0.1, 0.15) is 35.8 Å². The zero-order valence-corrected chi connectivity index (χ0v) is 15.8. The van der Waals surface area contributed by atoms with E-state index in [1.165, 1.54) is 28.6 Å². The van der Waals surface area contributed by atoms with Crippen molar-refractivity contribution in [2.24, 2.45) is 5.92 Å². The van der Waals surface area contributed by atoms with Gasteiger partial charge >= 0.3 is 0 Å². The van der Waals surface area contributed by atoms with Gasteiger partial charge in [-0.3, -0.25) is 4.79 Å². The second-order valence-electron chi connectivity index (χ2n) is 6.75. The number of aryl methyl sites for hydroxylation is 1. The molecule has 1 amide bonds. The van der Waals surface area contributed by atoms with E-state index in [0.717, 1.165) is 18.5 Å². The van der Waals surface area contributed by atoms with Gasteiger partial charge in [0.1, 0.15) is 5.82 Å². The van der Waals surface area contributed by atoms with Crippen molar-refractivity contribution in [1.29, 1.82) is 0 Å². The number of hydrogen-bond donors (Lipinski definition) is 1. The molecular weight excluding hydrogens is 350 g/mol. The van der Waals surface area contributed by atoms with E-state index >= 15 is 0 Å². The second kappa shape index (κ2) is 7.55. The summed E-state index contributed by atoms with van der Waals surface area (Å²) in [5, 5.41) is 2.72. The fourth-order valence-electron chi connectivity index (χ4n) is 3.09. The van der Waals surface area contributed by atoms with Crippen molar-refractivity contribution < 1.29 is 13.2 Å². The Labute approximate surface area is 154 Å². The molecule has 1 atom stereocenters. The number of nitrogens with zero attached hydrogens (tertiary/aromatic N) is 2. The number of hydrogen-bond acceptors (Lipinski definition) is 4. The second-order valence-corrected chi connectivity index (χ2v) is 8.69. The van der Waals surface area contributed by atoms with Gasteiger partial charge in [-0.25, -0.2) is 13.4 Å². The van der Waals surface area contributed by atoms with Crippen molar-refractivity contribution in [1.82, 2.24) is 9.29 Å². The lowest BCUT2D eigenvalue weighted by Crippen LogP contribution is -2.39. The van der Waals surface area contributed by atoms with Gasteiger partial charge in [0.2, 0.25) is 10.0 Å². The van der Waals surface area contributed by atoms with Crippen LogP contribution in [-0.4, -0.2) is 36.7 Å². The van der Waals surface area contributed by atoms with E-state index in [0.29, 0.717) is 30.4 Å². The summed E-state index contributed by atoms with van der Waals surface area (Å²) in [5.74, 6) is 0.512.